The lowest BCUT2D eigenvalue weighted by atomic mass is 10.1. The fraction of sp³-hybridized carbons (Fsp3) is 0.154. The molecule has 1 heterocycles. The molecule has 8 heteroatoms. The highest BCUT2D eigenvalue weighted by molar-refractivity contribution is 5.90. The number of hydrogen-bond acceptors (Lipinski definition) is 7. The number of benzene rings is 3. The largest absolute Gasteiger partial charge is 0.504 e. The van der Waals surface area contributed by atoms with Crippen LogP contribution in [-0.2, 0) is 11.4 Å². The highest BCUT2D eigenvalue weighted by Gasteiger charge is 2.21. The number of amides is 1. The lowest BCUT2D eigenvalue weighted by molar-refractivity contribution is -0.123. The number of aliphatic hydroxyl groups is 1. The van der Waals surface area contributed by atoms with Gasteiger partial charge in [-0.15, -0.1) is 0 Å². The summed E-state index contributed by atoms with van der Waals surface area (Å²) in [7, 11) is 0. The van der Waals surface area contributed by atoms with Gasteiger partial charge < -0.3 is 29.4 Å². The maximum Gasteiger partial charge on any atom is 0.258 e. The van der Waals surface area contributed by atoms with E-state index in [0.717, 1.165) is 5.56 Å². The summed E-state index contributed by atoms with van der Waals surface area (Å²) < 4.78 is 17.4. The standard InChI is InChI=1S/C26H23NO7/c28-12-11-27-23(30)16-33-26-22(32-15-17-7-3-1-4-8-17)14-21-24(25(26)31)19(29)13-20(34-21)18-9-5-2-6-10-18/h1-10,13-14,28,31H,11-12,15-16H2,(H,27,30). The molecule has 34 heavy (non-hydrogen) atoms. The minimum atomic E-state index is -0.506. The fourth-order valence-electron chi connectivity index (χ4n) is 3.37. The molecule has 0 saturated carbocycles. The Morgan fingerprint density at radius 1 is 0.971 bits per heavy atom. The zero-order valence-electron chi connectivity index (χ0n) is 18.2. The molecule has 4 rings (SSSR count). The van der Waals surface area contributed by atoms with Crippen LogP contribution in [0.25, 0.3) is 22.3 Å². The van der Waals surface area contributed by atoms with E-state index in [4.69, 9.17) is 19.0 Å². The molecule has 0 aliphatic heterocycles. The highest BCUT2D eigenvalue weighted by atomic mass is 16.5. The number of ether oxygens (including phenoxy) is 2. The van der Waals surface area contributed by atoms with E-state index in [0.29, 0.717) is 11.3 Å². The van der Waals surface area contributed by atoms with E-state index in [9.17, 15) is 14.7 Å². The normalized spacial score (nSPS) is 10.7. The minimum absolute atomic E-state index is 0.0646. The van der Waals surface area contributed by atoms with Gasteiger partial charge in [0.15, 0.2) is 23.5 Å². The predicted octanol–water partition coefficient (Wildman–Crippen LogP) is 3.23. The van der Waals surface area contributed by atoms with Crippen molar-refractivity contribution in [1.29, 1.82) is 0 Å². The number of phenols is 1. The Morgan fingerprint density at radius 3 is 2.38 bits per heavy atom. The lowest BCUT2D eigenvalue weighted by Gasteiger charge is -2.16. The van der Waals surface area contributed by atoms with E-state index >= 15 is 0 Å². The Morgan fingerprint density at radius 2 is 1.68 bits per heavy atom. The summed E-state index contributed by atoms with van der Waals surface area (Å²) in [5.74, 6) is -0.694. The molecule has 0 radical (unpaired) electrons. The van der Waals surface area contributed by atoms with E-state index < -0.39 is 23.7 Å². The number of rotatable bonds is 9. The second-order valence-corrected chi connectivity index (χ2v) is 7.40. The summed E-state index contributed by atoms with van der Waals surface area (Å²) in [5.41, 5.74) is 1.22. The third-order valence-electron chi connectivity index (χ3n) is 4.99. The SMILES string of the molecule is O=C(COc1c(OCc2ccccc2)cc2oc(-c3ccccc3)cc(=O)c2c1O)NCCO. The van der Waals surface area contributed by atoms with Gasteiger partial charge in [0, 0.05) is 24.2 Å². The van der Waals surface area contributed by atoms with Crippen LogP contribution in [-0.4, -0.2) is 35.9 Å². The van der Waals surface area contributed by atoms with Gasteiger partial charge in [0.1, 0.15) is 23.3 Å². The van der Waals surface area contributed by atoms with Crippen molar-refractivity contribution in [2.24, 2.45) is 0 Å². The molecule has 0 spiro atoms. The molecule has 0 saturated heterocycles. The molecule has 1 amide bonds. The van der Waals surface area contributed by atoms with Crippen LogP contribution in [0.1, 0.15) is 5.56 Å². The first-order chi connectivity index (χ1) is 16.6. The van der Waals surface area contributed by atoms with E-state index in [1.165, 1.54) is 12.1 Å². The molecule has 0 aliphatic rings. The zero-order valence-corrected chi connectivity index (χ0v) is 18.2. The van der Waals surface area contributed by atoms with Crippen molar-refractivity contribution in [3.8, 4) is 28.6 Å². The van der Waals surface area contributed by atoms with Gasteiger partial charge in [0.2, 0.25) is 5.75 Å². The molecule has 8 nitrogen and oxygen atoms in total. The number of phenolic OH excluding ortho intramolecular Hbond substituents is 1. The average molecular weight is 461 g/mol. The van der Waals surface area contributed by atoms with Crippen molar-refractivity contribution in [3.05, 3.63) is 88.6 Å². The fourth-order valence-corrected chi connectivity index (χ4v) is 3.37. The topological polar surface area (TPSA) is 118 Å². The molecular weight excluding hydrogens is 438 g/mol. The van der Waals surface area contributed by atoms with E-state index in [1.807, 2.05) is 48.5 Å². The Kier molecular flexibility index (Phi) is 7.10. The zero-order chi connectivity index (χ0) is 23.9. The first-order valence-corrected chi connectivity index (χ1v) is 10.6. The maximum atomic E-state index is 12.9. The Labute approximate surface area is 195 Å². The molecular formula is C26H23NO7. The van der Waals surface area contributed by atoms with E-state index in [2.05, 4.69) is 5.32 Å². The van der Waals surface area contributed by atoms with Crippen molar-refractivity contribution in [2.45, 2.75) is 6.61 Å². The van der Waals surface area contributed by atoms with Crippen molar-refractivity contribution in [1.82, 2.24) is 5.32 Å². The number of carbonyl (C=O) groups excluding carboxylic acids is 1. The molecule has 0 bridgehead atoms. The third kappa shape index (κ3) is 5.19. The molecule has 0 atom stereocenters. The van der Waals surface area contributed by atoms with Crippen molar-refractivity contribution < 1.29 is 28.9 Å². The van der Waals surface area contributed by atoms with Gasteiger partial charge in [-0.25, -0.2) is 0 Å². The van der Waals surface area contributed by atoms with Crippen LogP contribution in [0.3, 0.4) is 0 Å². The third-order valence-corrected chi connectivity index (χ3v) is 4.99. The van der Waals surface area contributed by atoms with Crippen LogP contribution in [0.2, 0.25) is 0 Å². The Bertz CT molecular complexity index is 1330. The van der Waals surface area contributed by atoms with Crippen molar-refractivity contribution in [2.75, 3.05) is 19.8 Å². The molecule has 0 unspecified atom stereocenters. The van der Waals surface area contributed by atoms with Crippen molar-refractivity contribution in [3.63, 3.8) is 0 Å². The first kappa shape index (κ1) is 22.9. The summed E-state index contributed by atoms with van der Waals surface area (Å²) >= 11 is 0. The molecule has 0 aliphatic carbocycles. The summed E-state index contributed by atoms with van der Waals surface area (Å²) in [4.78, 5) is 24.9. The van der Waals surface area contributed by atoms with E-state index in [1.54, 1.807) is 12.1 Å². The Hall–Kier alpha value is -4.30. The quantitative estimate of drug-likeness (QED) is 0.350. The van der Waals surface area contributed by atoms with Crippen LogP contribution in [0.15, 0.2) is 82.0 Å². The minimum Gasteiger partial charge on any atom is -0.504 e. The van der Waals surface area contributed by atoms with Gasteiger partial charge in [0.05, 0.1) is 6.61 Å². The number of fused-ring (bicyclic) bond motifs is 1. The molecule has 4 aromatic rings. The number of aliphatic hydroxyl groups excluding tert-OH is 1. The van der Waals surface area contributed by atoms with Crippen LogP contribution in [0, 0.1) is 0 Å². The molecule has 3 N–H and O–H groups in total. The van der Waals surface area contributed by atoms with Gasteiger partial charge >= 0.3 is 0 Å². The average Bonchev–Trinajstić information content (AvgIpc) is 2.86. The van der Waals surface area contributed by atoms with Crippen LogP contribution in [0.5, 0.6) is 17.2 Å². The number of hydrogen-bond donors (Lipinski definition) is 3. The van der Waals surface area contributed by atoms with Gasteiger partial charge in [-0.3, -0.25) is 9.59 Å². The summed E-state index contributed by atoms with van der Waals surface area (Å²) in [6, 6.07) is 21.2. The Balaban J connectivity index is 1.75. The molecule has 3 aromatic carbocycles. The first-order valence-electron chi connectivity index (χ1n) is 10.6. The summed E-state index contributed by atoms with van der Waals surface area (Å²) in [5, 5.41) is 22.2. The summed E-state index contributed by atoms with van der Waals surface area (Å²) in [6.07, 6.45) is 0. The number of carbonyl (C=O) groups is 1. The second-order valence-electron chi connectivity index (χ2n) is 7.40. The van der Waals surface area contributed by atoms with Gasteiger partial charge in [0.25, 0.3) is 5.91 Å². The van der Waals surface area contributed by atoms with Crippen LogP contribution < -0.4 is 20.2 Å². The number of nitrogens with one attached hydrogen (secondary N) is 1. The van der Waals surface area contributed by atoms with Crippen LogP contribution >= 0.6 is 0 Å². The highest BCUT2D eigenvalue weighted by Crippen LogP contribution is 2.42. The van der Waals surface area contributed by atoms with Crippen LogP contribution in [0.4, 0.5) is 0 Å². The lowest BCUT2D eigenvalue weighted by Crippen LogP contribution is -2.31. The second kappa shape index (κ2) is 10.5. The smallest absolute Gasteiger partial charge is 0.258 e. The van der Waals surface area contributed by atoms with Crippen molar-refractivity contribution >= 4 is 16.9 Å². The predicted molar refractivity (Wildman–Crippen MR) is 126 cm³/mol. The maximum absolute atomic E-state index is 12.9. The molecule has 0 fully saturated rings. The van der Waals surface area contributed by atoms with Gasteiger partial charge in [-0.1, -0.05) is 60.7 Å². The van der Waals surface area contributed by atoms with E-state index in [-0.39, 0.29) is 42.2 Å². The monoisotopic (exact) mass is 461 g/mol. The van der Waals surface area contributed by atoms with Gasteiger partial charge in [-0.2, -0.15) is 0 Å². The van der Waals surface area contributed by atoms with Gasteiger partial charge in [-0.05, 0) is 5.56 Å². The summed E-state index contributed by atoms with van der Waals surface area (Å²) in [6.45, 7) is -0.450. The number of aromatic hydroxyl groups is 1. The molecule has 174 valence electrons. The molecule has 1 aromatic heterocycles.